The van der Waals surface area contributed by atoms with Crippen LogP contribution in [0.5, 0.6) is 0 Å². The lowest BCUT2D eigenvalue weighted by molar-refractivity contribution is -0.121. The second-order valence-electron chi connectivity index (χ2n) is 7.42. The molecular weight excluding hydrogens is 475 g/mol. The monoisotopic (exact) mass is 502 g/mol. The maximum Gasteiger partial charge on any atom is 0.232 e. The minimum Gasteiger partial charge on any atom is -0.355 e. The first-order chi connectivity index (χ1) is 14.6. The lowest BCUT2D eigenvalue weighted by Gasteiger charge is -2.23. The molecular formula is C22H28Cl2N2O3S2. The number of halogens is 2. The Morgan fingerprint density at radius 3 is 2.39 bits per heavy atom. The fourth-order valence-electron chi connectivity index (χ4n) is 3.14. The van der Waals surface area contributed by atoms with Gasteiger partial charge in [-0.15, -0.1) is 0 Å². The first-order valence-electron chi connectivity index (χ1n) is 9.90. The second kappa shape index (κ2) is 12.0. The van der Waals surface area contributed by atoms with Crippen molar-refractivity contribution in [2.75, 3.05) is 29.4 Å². The van der Waals surface area contributed by atoms with E-state index in [0.29, 0.717) is 28.7 Å². The summed E-state index contributed by atoms with van der Waals surface area (Å²) in [5, 5.41) is 4.13. The molecule has 1 N–H and O–H groups in total. The average molecular weight is 504 g/mol. The number of rotatable bonds is 11. The minimum absolute atomic E-state index is 0.0843. The van der Waals surface area contributed by atoms with Gasteiger partial charge in [-0.1, -0.05) is 35.3 Å². The Morgan fingerprint density at radius 2 is 1.77 bits per heavy atom. The standard InChI is InChI=1S/C22H28Cl2N2O3S2/c1-16-11-17(2)13-20(12-16)26(31(3,28)29)9-4-5-22(27)25-8-10-30-15-18-6-7-19(23)14-21(18)24/h6-7,11-14H,4-5,8-10,15H2,1-3H3,(H,25,27). The number of sulfonamides is 1. The topological polar surface area (TPSA) is 66.5 Å². The van der Waals surface area contributed by atoms with Gasteiger partial charge in [-0.05, 0) is 61.2 Å². The molecule has 2 aromatic carbocycles. The van der Waals surface area contributed by atoms with E-state index in [-0.39, 0.29) is 18.9 Å². The average Bonchev–Trinajstić information content (AvgIpc) is 2.64. The van der Waals surface area contributed by atoms with Crippen LogP contribution in [-0.2, 0) is 20.6 Å². The highest BCUT2D eigenvalue weighted by molar-refractivity contribution is 7.98. The van der Waals surface area contributed by atoms with Crippen molar-refractivity contribution < 1.29 is 13.2 Å². The molecule has 0 fully saturated rings. The van der Waals surface area contributed by atoms with Gasteiger partial charge in [0.05, 0.1) is 11.9 Å². The van der Waals surface area contributed by atoms with E-state index < -0.39 is 10.0 Å². The number of hydrogen-bond acceptors (Lipinski definition) is 4. The van der Waals surface area contributed by atoms with Crippen LogP contribution in [-0.4, -0.2) is 39.4 Å². The molecule has 0 spiro atoms. The zero-order chi connectivity index (χ0) is 23.0. The van der Waals surface area contributed by atoms with E-state index in [1.807, 2.05) is 44.2 Å². The zero-order valence-electron chi connectivity index (χ0n) is 18.0. The van der Waals surface area contributed by atoms with Crippen molar-refractivity contribution in [1.82, 2.24) is 5.32 Å². The predicted molar refractivity (Wildman–Crippen MR) is 133 cm³/mol. The molecule has 0 radical (unpaired) electrons. The van der Waals surface area contributed by atoms with Gasteiger partial charge in [-0.25, -0.2) is 8.42 Å². The Kier molecular flexibility index (Phi) is 10.0. The molecule has 2 aromatic rings. The molecule has 0 unspecified atom stereocenters. The van der Waals surface area contributed by atoms with Crippen LogP contribution in [0, 0.1) is 13.8 Å². The van der Waals surface area contributed by atoms with E-state index in [2.05, 4.69) is 5.32 Å². The molecule has 5 nitrogen and oxygen atoms in total. The normalized spacial score (nSPS) is 11.4. The number of hydrogen-bond donors (Lipinski definition) is 1. The van der Waals surface area contributed by atoms with E-state index in [9.17, 15) is 13.2 Å². The van der Waals surface area contributed by atoms with E-state index in [4.69, 9.17) is 23.2 Å². The number of carbonyl (C=O) groups is 1. The molecule has 0 aliphatic rings. The third-order valence-electron chi connectivity index (χ3n) is 4.50. The summed E-state index contributed by atoms with van der Waals surface area (Å²) in [6.45, 7) is 4.67. The molecule has 0 saturated heterocycles. The van der Waals surface area contributed by atoms with Crippen LogP contribution in [0.25, 0.3) is 0 Å². The van der Waals surface area contributed by atoms with Crippen molar-refractivity contribution in [3.05, 3.63) is 63.1 Å². The number of nitrogens with zero attached hydrogens (tertiary/aromatic N) is 1. The first kappa shape index (κ1) is 25.8. The third-order valence-corrected chi connectivity index (χ3v) is 7.29. The summed E-state index contributed by atoms with van der Waals surface area (Å²) in [7, 11) is -3.43. The molecule has 0 aliphatic carbocycles. The molecule has 0 bridgehead atoms. The van der Waals surface area contributed by atoms with Gasteiger partial charge in [0.1, 0.15) is 0 Å². The molecule has 0 heterocycles. The van der Waals surface area contributed by atoms with Crippen molar-refractivity contribution >= 4 is 56.6 Å². The summed E-state index contributed by atoms with van der Waals surface area (Å²) in [6.07, 6.45) is 1.90. The van der Waals surface area contributed by atoms with Crippen LogP contribution in [0.1, 0.15) is 29.5 Å². The van der Waals surface area contributed by atoms with Crippen LogP contribution < -0.4 is 9.62 Å². The fourth-order valence-corrected chi connectivity index (χ4v) is 5.50. The molecule has 0 aromatic heterocycles. The fraction of sp³-hybridized carbons (Fsp3) is 0.409. The summed E-state index contributed by atoms with van der Waals surface area (Å²) < 4.78 is 25.8. The van der Waals surface area contributed by atoms with Gasteiger partial charge in [0.15, 0.2) is 0 Å². The summed E-state index contributed by atoms with van der Waals surface area (Å²) in [5.74, 6) is 1.41. The largest absolute Gasteiger partial charge is 0.355 e. The molecule has 0 saturated carbocycles. The van der Waals surface area contributed by atoms with Gasteiger partial charge >= 0.3 is 0 Å². The Balaban J connectivity index is 1.74. The van der Waals surface area contributed by atoms with E-state index in [0.717, 1.165) is 28.2 Å². The summed E-state index contributed by atoms with van der Waals surface area (Å²) in [6, 6.07) is 11.1. The van der Waals surface area contributed by atoms with Crippen molar-refractivity contribution in [3.63, 3.8) is 0 Å². The number of anilines is 1. The Bertz CT molecular complexity index is 994. The van der Waals surface area contributed by atoms with Gasteiger partial charge in [0.25, 0.3) is 0 Å². The van der Waals surface area contributed by atoms with E-state index in [1.54, 1.807) is 17.8 Å². The maximum atomic E-state index is 12.2. The SMILES string of the molecule is Cc1cc(C)cc(N(CCCC(=O)NCCSCc2ccc(Cl)cc2Cl)S(C)(=O)=O)c1. The molecule has 0 aliphatic heterocycles. The molecule has 2 rings (SSSR count). The Morgan fingerprint density at radius 1 is 1.10 bits per heavy atom. The van der Waals surface area contributed by atoms with Crippen LogP contribution in [0.3, 0.4) is 0 Å². The Labute approximate surface area is 199 Å². The van der Waals surface area contributed by atoms with Gasteiger partial charge < -0.3 is 5.32 Å². The lowest BCUT2D eigenvalue weighted by atomic mass is 10.1. The van der Waals surface area contributed by atoms with Crippen LogP contribution in [0.15, 0.2) is 36.4 Å². The zero-order valence-corrected chi connectivity index (χ0v) is 21.1. The van der Waals surface area contributed by atoms with Crippen LogP contribution >= 0.6 is 35.0 Å². The summed E-state index contributed by atoms with van der Waals surface area (Å²) in [5.41, 5.74) is 3.64. The number of nitrogens with one attached hydrogen (secondary N) is 1. The van der Waals surface area contributed by atoms with Gasteiger partial charge in [0, 0.05) is 41.1 Å². The highest BCUT2D eigenvalue weighted by Gasteiger charge is 2.18. The highest BCUT2D eigenvalue weighted by atomic mass is 35.5. The van der Waals surface area contributed by atoms with Crippen molar-refractivity contribution in [3.8, 4) is 0 Å². The minimum atomic E-state index is -3.43. The van der Waals surface area contributed by atoms with Crippen molar-refractivity contribution in [2.45, 2.75) is 32.4 Å². The van der Waals surface area contributed by atoms with Gasteiger partial charge in [0.2, 0.25) is 15.9 Å². The maximum absolute atomic E-state index is 12.2. The van der Waals surface area contributed by atoms with E-state index >= 15 is 0 Å². The van der Waals surface area contributed by atoms with Gasteiger partial charge in [-0.3, -0.25) is 9.10 Å². The molecule has 9 heteroatoms. The van der Waals surface area contributed by atoms with Crippen molar-refractivity contribution in [1.29, 1.82) is 0 Å². The third kappa shape index (κ3) is 8.93. The molecule has 0 atom stereocenters. The smallest absolute Gasteiger partial charge is 0.232 e. The predicted octanol–water partition coefficient (Wildman–Crippen LogP) is 5.21. The quantitative estimate of drug-likeness (QED) is 0.428. The molecule has 170 valence electrons. The van der Waals surface area contributed by atoms with Gasteiger partial charge in [-0.2, -0.15) is 11.8 Å². The Hall–Kier alpha value is -1.41. The number of carbonyl (C=O) groups excluding carboxylic acids is 1. The number of benzene rings is 2. The lowest BCUT2D eigenvalue weighted by Crippen LogP contribution is -2.32. The molecule has 31 heavy (non-hydrogen) atoms. The van der Waals surface area contributed by atoms with Crippen molar-refractivity contribution in [2.24, 2.45) is 0 Å². The number of thioether (sulfide) groups is 1. The first-order valence-corrected chi connectivity index (χ1v) is 13.7. The number of aryl methyl sites for hydroxylation is 2. The second-order valence-corrected chi connectivity index (χ2v) is 11.3. The molecule has 1 amide bonds. The van der Waals surface area contributed by atoms with Crippen LogP contribution in [0.4, 0.5) is 5.69 Å². The highest BCUT2D eigenvalue weighted by Crippen LogP contribution is 2.24. The van der Waals surface area contributed by atoms with E-state index in [1.165, 1.54) is 10.6 Å². The number of amides is 1. The summed E-state index contributed by atoms with van der Waals surface area (Å²) in [4.78, 5) is 12.1. The summed E-state index contributed by atoms with van der Waals surface area (Å²) >= 11 is 13.7. The van der Waals surface area contributed by atoms with Crippen LogP contribution in [0.2, 0.25) is 10.0 Å².